The van der Waals surface area contributed by atoms with E-state index in [-0.39, 0.29) is 13.2 Å². The van der Waals surface area contributed by atoms with Crippen molar-refractivity contribution in [3.8, 4) is 17.3 Å². The molecule has 3 rings (SSSR count). The molecule has 0 atom stereocenters. The minimum absolute atomic E-state index is 0.0255. The number of hydrogen-bond acceptors (Lipinski definition) is 5. The topological polar surface area (TPSA) is 84.6 Å². The number of rotatable bonds is 7. The number of benzene rings is 1. The number of guanidine groups is 1. The highest BCUT2D eigenvalue weighted by Gasteiger charge is 2.34. The van der Waals surface area contributed by atoms with Gasteiger partial charge in [0.15, 0.2) is 5.96 Å². The van der Waals surface area contributed by atoms with Crippen LogP contribution in [0.15, 0.2) is 58.3 Å². The van der Waals surface area contributed by atoms with Gasteiger partial charge in [-0.3, -0.25) is 4.99 Å². The Balaban J connectivity index is 1.46. The van der Waals surface area contributed by atoms with Crippen molar-refractivity contribution in [2.45, 2.75) is 19.6 Å². The fourth-order valence-corrected chi connectivity index (χ4v) is 2.65. The average Bonchev–Trinajstić information content (AvgIpc) is 3.22. The Bertz CT molecular complexity index is 1020. The molecule has 7 nitrogen and oxygen atoms in total. The van der Waals surface area contributed by atoms with Crippen molar-refractivity contribution in [1.82, 2.24) is 20.6 Å². The highest BCUT2D eigenvalue weighted by atomic mass is 19.4. The molecule has 0 unspecified atom stereocenters. The van der Waals surface area contributed by atoms with Gasteiger partial charge in [0.1, 0.15) is 18.4 Å². The van der Waals surface area contributed by atoms with Crippen LogP contribution in [0.4, 0.5) is 13.2 Å². The summed E-state index contributed by atoms with van der Waals surface area (Å²) in [6.45, 7) is 2.56. The van der Waals surface area contributed by atoms with Gasteiger partial charge in [-0.2, -0.15) is 13.2 Å². The molecule has 0 saturated carbocycles. The molecule has 0 amide bonds. The third-order valence-electron chi connectivity index (χ3n) is 4.22. The summed E-state index contributed by atoms with van der Waals surface area (Å²) < 4.78 is 49.5. The standard InChI is InChI=1S/C21H22F3N5O2/c1-14-5-7-15(8-6-14)18-29-16(13-31-18)12-28-20(25-2)27-10-11-30-19-17(21(22,23)24)4-3-9-26-19/h3-9,13H,10-12H2,1-2H3,(H2,25,27,28). The van der Waals surface area contributed by atoms with E-state index in [0.29, 0.717) is 24.1 Å². The monoisotopic (exact) mass is 433 g/mol. The molecule has 0 bridgehead atoms. The second kappa shape index (κ2) is 9.96. The summed E-state index contributed by atoms with van der Waals surface area (Å²) in [5, 5.41) is 6.02. The van der Waals surface area contributed by atoms with E-state index in [1.807, 2.05) is 31.2 Å². The third kappa shape index (κ3) is 6.21. The number of ether oxygens (including phenoxy) is 1. The van der Waals surface area contributed by atoms with Gasteiger partial charge in [-0.05, 0) is 31.2 Å². The SMILES string of the molecule is CN=C(NCCOc1ncccc1C(F)(F)F)NCc1coc(-c2ccc(C)cc2)n1. The highest BCUT2D eigenvalue weighted by Crippen LogP contribution is 2.34. The van der Waals surface area contributed by atoms with Gasteiger partial charge < -0.3 is 19.8 Å². The number of aryl methyl sites for hydroxylation is 1. The first-order chi connectivity index (χ1) is 14.9. The van der Waals surface area contributed by atoms with Gasteiger partial charge in [-0.25, -0.2) is 9.97 Å². The van der Waals surface area contributed by atoms with Crippen molar-refractivity contribution >= 4 is 5.96 Å². The maximum Gasteiger partial charge on any atom is 0.421 e. The summed E-state index contributed by atoms with van der Waals surface area (Å²) in [5.74, 6) is 0.510. The molecule has 2 heterocycles. The van der Waals surface area contributed by atoms with Crippen molar-refractivity contribution < 1.29 is 22.3 Å². The van der Waals surface area contributed by atoms with Crippen LogP contribution in [0.3, 0.4) is 0 Å². The van der Waals surface area contributed by atoms with Crippen molar-refractivity contribution in [1.29, 1.82) is 0 Å². The number of hydrogen-bond donors (Lipinski definition) is 2. The van der Waals surface area contributed by atoms with Crippen LogP contribution in [0.5, 0.6) is 5.88 Å². The number of pyridine rings is 1. The number of nitrogens with zero attached hydrogens (tertiary/aromatic N) is 3. The molecule has 2 aromatic heterocycles. The van der Waals surface area contributed by atoms with Gasteiger partial charge in [0.25, 0.3) is 0 Å². The molecule has 0 aliphatic heterocycles. The lowest BCUT2D eigenvalue weighted by molar-refractivity contribution is -0.139. The van der Waals surface area contributed by atoms with E-state index >= 15 is 0 Å². The van der Waals surface area contributed by atoms with Gasteiger partial charge in [-0.15, -0.1) is 0 Å². The molecule has 0 saturated heterocycles. The van der Waals surface area contributed by atoms with Crippen LogP contribution in [0.2, 0.25) is 0 Å². The van der Waals surface area contributed by atoms with Crippen LogP contribution in [0, 0.1) is 6.92 Å². The van der Waals surface area contributed by atoms with E-state index in [1.165, 1.54) is 12.3 Å². The van der Waals surface area contributed by atoms with Crippen LogP contribution >= 0.6 is 0 Å². The zero-order valence-electron chi connectivity index (χ0n) is 17.0. The number of alkyl halides is 3. The minimum atomic E-state index is -4.52. The van der Waals surface area contributed by atoms with Crippen molar-refractivity contribution in [2.75, 3.05) is 20.2 Å². The summed E-state index contributed by atoms with van der Waals surface area (Å²) >= 11 is 0. The normalized spacial score (nSPS) is 12.0. The van der Waals surface area contributed by atoms with E-state index in [9.17, 15) is 13.2 Å². The summed E-state index contributed by atoms with van der Waals surface area (Å²) in [7, 11) is 1.58. The first-order valence-electron chi connectivity index (χ1n) is 9.48. The predicted octanol–water partition coefficient (Wildman–Crippen LogP) is 3.81. The van der Waals surface area contributed by atoms with Gasteiger partial charge in [0.2, 0.25) is 11.8 Å². The molecule has 0 radical (unpaired) electrons. The molecule has 2 N–H and O–H groups in total. The Labute approximate surface area is 177 Å². The van der Waals surface area contributed by atoms with Crippen LogP contribution < -0.4 is 15.4 Å². The number of aliphatic imine (C=N–C) groups is 1. The van der Waals surface area contributed by atoms with Gasteiger partial charge in [0, 0.05) is 18.8 Å². The first kappa shape index (κ1) is 22.1. The second-order valence-corrected chi connectivity index (χ2v) is 6.56. The summed E-state index contributed by atoms with van der Waals surface area (Å²) in [6, 6.07) is 9.98. The quantitative estimate of drug-likeness (QED) is 0.335. The fourth-order valence-electron chi connectivity index (χ4n) is 2.65. The van der Waals surface area contributed by atoms with Crippen molar-refractivity contribution in [2.24, 2.45) is 4.99 Å². The predicted molar refractivity (Wildman–Crippen MR) is 110 cm³/mol. The van der Waals surface area contributed by atoms with E-state index in [0.717, 1.165) is 17.2 Å². The van der Waals surface area contributed by atoms with Crippen molar-refractivity contribution in [3.05, 3.63) is 65.7 Å². The summed E-state index contributed by atoms with van der Waals surface area (Å²) in [6.07, 6.45) is -1.72. The van der Waals surface area contributed by atoms with E-state index in [1.54, 1.807) is 13.3 Å². The molecule has 1 aromatic carbocycles. The third-order valence-corrected chi connectivity index (χ3v) is 4.22. The molecule has 10 heteroatoms. The maximum absolute atomic E-state index is 13.0. The molecule has 0 aliphatic carbocycles. The molecular formula is C21H22F3N5O2. The highest BCUT2D eigenvalue weighted by molar-refractivity contribution is 5.79. The molecule has 164 valence electrons. The molecule has 0 spiro atoms. The Hall–Kier alpha value is -3.56. The van der Waals surface area contributed by atoms with E-state index in [2.05, 4.69) is 25.6 Å². The maximum atomic E-state index is 13.0. The summed E-state index contributed by atoms with van der Waals surface area (Å²) in [5.41, 5.74) is 1.80. The number of aromatic nitrogens is 2. The van der Waals surface area contributed by atoms with Crippen molar-refractivity contribution in [3.63, 3.8) is 0 Å². The first-order valence-corrected chi connectivity index (χ1v) is 9.48. The zero-order chi connectivity index (χ0) is 22.3. The fraction of sp³-hybridized carbons (Fsp3) is 0.286. The van der Waals surface area contributed by atoms with Crippen LogP contribution in [-0.2, 0) is 12.7 Å². The lowest BCUT2D eigenvalue weighted by atomic mass is 10.1. The number of halogens is 3. The Kier molecular flexibility index (Phi) is 7.11. The van der Waals surface area contributed by atoms with Crippen LogP contribution in [-0.4, -0.2) is 36.1 Å². The van der Waals surface area contributed by atoms with Gasteiger partial charge in [0.05, 0.1) is 18.8 Å². The lowest BCUT2D eigenvalue weighted by Crippen LogP contribution is -2.39. The second-order valence-electron chi connectivity index (χ2n) is 6.56. The molecule has 0 fully saturated rings. The minimum Gasteiger partial charge on any atom is -0.475 e. The van der Waals surface area contributed by atoms with Crippen LogP contribution in [0.1, 0.15) is 16.8 Å². The number of oxazole rings is 1. The van der Waals surface area contributed by atoms with Crippen LogP contribution in [0.25, 0.3) is 11.5 Å². The average molecular weight is 433 g/mol. The molecule has 31 heavy (non-hydrogen) atoms. The lowest BCUT2D eigenvalue weighted by Gasteiger charge is -2.14. The Morgan fingerprint density at radius 3 is 2.65 bits per heavy atom. The number of nitrogens with one attached hydrogen (secondary N) is 2. The molecular weight excluding hydrogens is 411 g/mol. The smallest absolute Gasteiger partial charge is 0.421 e. The summed E-state index contributed by atoms with van der Waals surface area (Å²) in [4.78, 5) is 12.2. The molecule has 0 aliphatic rings. The Morgan fingerprint density at radius 1 is 1.16 bits per heavy atom. The van der Waals surface area contributed by atoms with E-state index < -0.39 is 17.6 Å². The zero-order valence-corrected chi connectivity index (χ0v) is 17.0. The Morgan fingerprint density at radius 2 is 1.94 bits per heavy atom. The van der Waals surface area contributed by atoms with Gasteiger partial charge in [-0.1, -0.05) is 17.7 Å². The van der Waals surface area contributed by atoms with E-state index in [4.69, 9.17) is 9.15 Å². The largest absolute Gasteiger partial charge is 0.475 e. The molecule has 3 aromatic rings. The van der Waals surface area contributed by atoms with Gasteiger partial charge >= 0.3 is 6.18 Å².